The number of nitrogens with one attached hydrogen (secondary N) is 1. The molecule has 2 heterocycles. The summed E-state index contributed by atoms with van der Waals surface area (Å²) >= 11 is 0. The van der Waals surface area contributed by atoms with Crippen LogP contribution < -0.4 is 5.32 Å². The first-order chi connectivity index (χ1) is 12.0. The molecule has 0 spiro atoms. The topological polar surface area (TPSA) is 79.0 Å². The number of amides is 1. The summed E-state index contributed by atoms with van der Waals surface area (Å²) in [7, 11) is -1.89. The van der Waals surface area contributed by atoms with Gasteiger partial charge in [-0.15, -0.1) is 0 Å². The van der Waals surface area contributed by atoms with Crippen molar-refractivity contribution in [3.63, 3.8) is 0 Å². The van der Waals surface area contributed by atoms with E-state index in [-0.39, 0.29) is 5.91 Å². The number of carbonyl (C=O) groups is 1. The molecule has 25 heavy (non-hydrogen) atoms. The molecule has 3 rings (SSSR count). The van der Waals surface area contributed by atoms with Crippen LogP contribution in [0.5, 0.6) is 0 Å². The third-order valence-electron chi connectivity index (χ3n) is 5.02. The van der Waals surface area contributed by atoms with E-state index in [1.165, 1.54) is 4.31 Å². The zero-order chi connectivity index (χ0) is 17.9. The van der Waals surface area contributed by atoms with Gasteiger partial charge in [0.25, 0.3) is 0 Å². The Hall–Kier alpha value is -1.48. The molecule has 0 aliphatic carbocycles. The van der Waals surface area contributed by atoms with Crippen molar-refractivity contribution in [3.05, 3.63) is 30.3 Å². The second-order valence-corrected chi connectivity index (χ2v) is 8.59. The number of methoxy groups -OCH3 is 1. The number of piperazine rings is 1. The maximum absolute atomic E-state index is 13.0. The molecular weight excluding hydrogens is 342 g/mol. The molecule has 2 aliphatic heterocycles. The Bertz CT molecular complexity index is 694. The smallest absolute Gasteiger partial charge is 0.243 e. The Morgan fingerprint density at radius 1 is 1.20 bits per heavy atom. The highest BCUT2D eigenvalue weighted by Gasteiger charge is 2.44. The Balaban J connectivity index is 1.66. The van der Waals surface area contributed by atoms with Gasteiger partial charge in [-0.3, -0.25) is 4.79 Å². The summed E-state index contributed by atoms with van der Waals surface area (Å²) in [6, 6.07) is 8.43. The summed E-state index contributed by atoms with van der Waals surface area (Å²) in [6.07, 6.45) is 0.752. The first-order valence-corrected chi connectivity index (χ1v) is 9.98. The van der Waals surface area contributed by atoms with Crippen molar-refractivity contribution in [1.82, 2.24) is 14.5 Å². The number of rotatable bonds is 5. The van der Waals surface area contributed by atoms with Gasteiger partial charge in [0, 0.05) is 39.8 Å². The maximum atomic E-state index is 13.0. The van der Waals surface area contributed by atoms with E-state index < -0.39 is 15.4 Å². The summed E-state index contributed by atoms with van der Waals surface area (Å²) in [5.74, 6) is 0.0658. The predicted molar refractivity (Wildman–Crippen MR) is 93.6 cm³/mol. The number of ether oxygens (including phenoxy) is 1. The van der Waals surface area contributed by atoms with Crippen molar-refractivity contribution in [1.29, 1.82) is 0 Å². The molecule has 138 valence electrons. The van der Waals surface area contributed by atoms with E-state index in [0.717, 1.165) is 13.0 Å². The van der Waals surface area contributed by atoms with E-state index >= 15 is 0 Å². The largest absolute Gasteiger partial charge is 0.384 e. The van der Waals surface area contributed by atoms with Gasteiger partial charge < -0.3 is 15.0 Å². The fraction of sp³-hybridized carbons (Fsp3) is 0.588. The fourth-order valence-electron chi connectivity index (χ4n) is 3.60. The van der Waals surface area contributed by atoms with Crippen LogP contribution >= 0.6 is 0 Å². The number of benzene rings is 1. The SMILES string of the molecule is COCC1(C(=O)N2CCN(S(=O)(=O)c3ccccc3)CC2)CCNC1. The molecule has 1 aromatic rings. The van der Waals surface area contributed by atoms with Crippen LogP contribution in [0.3, 0.4) is 0 Å². The molecule has 8 heteroatoms. The molecule has 1 atom stereocenters. The van der Waals surface area contributed by atoms with E-state index in [2.05, 4.69) is 5.32 Å². The lowest BCUT2D eigenvalue weighted by Crippen LogP contribution is -2.55. The second kappa shape index (κ2) is 7.41. The van der Waals surface area contributed by atoms with Crippen molar-refractivity contribution < 1.29 is 17.9 Å². The minimum Gasteiger partial charge on any atom is -0.384 e. The molecule has 0 radical (unpaired) electrons. The van der Waals surface area contributed by atoms with Gasteiger partial charge >= 0.3 is 0 Å². The van der Waals surface area contributed by atoms with Gasteiger partial charge in [0.2, 0.25) is 15.9 Å². The zero-order valence-corrected chi connectivity index (χ0v) is 15.3. The Labute approximate surface area is 149 Å². The molecule has 0 aromatic heterocycles. The van der Waals surface area contributed by atoms with E-state index in [1.54, 1.807) is 42.3 Å². The normalized spacial score (nSPS) is 25.2. The van der Waals surface area contributed by atoms with Crippen LogP contribution in [-0.4, -0.2) is 76.5 Å². The molecule has 1 amide bonds. The zero-order valence-electron chi connectivity index (χ0n) is 14.5. The van der Waals surface area contributed by atoms with Crippen LogP contribution in [0.15, 0.2) is 35.2 Å². The molecule has 2 fully saturated rings. The van der Waals surface area contributed by atoms with E-state index in [4.69, 9.17) is 4.74 Å². The lowest BCUT2D eigenvalue weighted by Gasteiger charge is -2.38. The first-order valence-electron chi connectivity index (χ1n) is 8.54. The average molecular weight is 367 g/mol. The molecule has 1 aromatic carbocycles. The minimum atomic E-state index is -3.50. The van der Waals surface area contributed by atoms with Crippen molar-refractivity contribution >= 4 is 15.9 Å². The van der Waals surface area contributed by atoms with Crippen LogP contribution in [0.2, 0.25) is 0 Å². The summed E-state index contributed by atoms with van der Waals surface area (Å²) in [6.45, 7) is 3.27. The molecule has 2 saturated heterocycles. The van der Waals surface area contributed by atoms with E-state index in [1.807, 2.05) is 0 Å². The van der Waals surface area contributed by atoms with Gasteiger partial charge in [-0.2, -0.15) is 4.31 Å². The van der Waals surface area contributed by atoms with Crippen molar-refractivity contribution in [3.8, 4) is 0 Å². The molecule has 2 aliphatic rings. The number of hydrogen-bond acceptors (Lipinski definition) is 5. The van der Waals surface area contributed by atoms with E-state index in [0.29, 0.717) is 44.2 Å². The Kier molecular flexibility index (Phi) is 5.43. The molecule has 0 saturated carbocycles. The third kappa shape index (κ3) is 3.57. The average Bonchev–Trinajstić information content (AvgIpc) is 3.12. The highest BCUT2D eigenvalue weighted by atomic mass is 32.2. The molecular formula is C17H25N3O4S. The summed E-state index contributed by atoms with van der Waals surface area (Å²) in [5, 5.41) is 3.24. The van der Waals surface area contributed by atoms with Crippen molar-refractivity contribution in [2.45, 2.75) is 11.3 Å². The van der Waals surface area contributed by atoms with Gasteiger partial charge in [0.05, 0.1) is 16.9 Å². The fourth-order valence-corrected chi connectivity index (χ4v) is 5.04. The van der Waals surface area contributed by atoms with Crippen LogP contribution in [0.25, 0.3) is 0 Å². The van der Waals surface area contributed by atoms with Gasteiger partial charge in [-0.05, 0) is 25.1 Å². The highest BCUT2D eigenvalue weighted by Crippen LogP contribution is 2.29. The second-order valence-electron chi connectivity index (χ2n) is 6.65. The Morgan fingerprint density at radius 3 is 2.44 bits per heavy atom. The third-order valence-corrected chi connectivity index (χ3v) is 6.94. The van der Waals surface area contributed by atoms with Crippen LogP contribution in [0.1, 0.15) is 6.42 Å². The quantitative estimate of drug-likeness (QED) is 0.801. The first kappa shape index (κ1) is 18.3. The minimum absolute atomic E-state index is 0.0658. The molecule has 7 nitrogen and oxygen atoms in total. The summed E-state index contributed by atoms with van der Waals surface area (Å²) in [4.78, 5) is 15.1. The lowest BCUT2D eigenvalue weighted by atomic mass is 9.86. The predicted octanol–water partition coefficient (Wildman–Crippen LogP) is 0.146. The van der Waals surface area contributed by atoms with Crippen molar-refractivity contribution in [2.24, 2.45) is 5.41 Å². The summed E-state index contributed by atoms with van der Waals surface area (Å²) in [5.41, 5.74) is -0.519. The lowest BCUT2D eigenvalue weighted by molar-refractivity contribution is -0.145. The molecule has 0 bridgehead atoms. The Morgan fingerprint density at radius 2 is 1.88 bits per heavy atom. The van der Waals surface area contributed by atoms with Gasteiger partial charge in [0.15, 0.2) is 0 Å². The standard InChI is InChI=1S/C17H25N3O4S/c1-24-14-17(7-8-18-13-17)16(21)19-9-11-20(12-10-19)25(22,23)15-5-3-2-4-6-15/h2-6,18H,7-14H2,1H3. The number of hydrogen-bond donors (Lipinski definition) is 1. The van der Waals surface area contributed by atoms with Crippen molar-refractivity contribution in [2.75, 3.05) is 53.0 Å². The summed E-state index contributed by atoms with van der Waals surface area (Å²) < 4.78 is 32.1. The van der Waals surface area contributed by atoms with Crippen LogP contribution in [-0.2, 0) is 19.6 Å². The van der Waals surface area contributed by atoms with Gasteiger partial charge in [0.1, 0.15) is 0 Å². The van der Waals surface area contributed by atoms with Crippen LogP contribution in [0, 0.1) is 5.41 Å². The van der Waals surface area contributed by atoms with Gasteiger partial charge in [-0.1, -0.05) is 18.2 Å². The molecule has 1 unspecified atom stereocenters. The van der Waals surface area contributed by atoms with E-state index in [9.17, 15) is 13.2 Å². The highest BCUT2D eigenvalue weighted by molar-refractivity contribution is 7.89. The molecule has 1 N–H and O–H groups in total. The van der Waals surface area contributed by atoms with Gasteiger partial charge in [-0.25, -0.2) is 8.42 Å². The maximum Gasteiger partial charge on any atom is 0.243 e. The van der Waals surface area contributed by atoms with Crippen LogP contribution in [0.4, 0.5) is 0 Å². The monoisotopic (exact) mass is 367 g/mol. The number of sulfonamides is 1. The number of nitrogens with zero attached hydrogens (tertiary/aromatic N) is 2. The number of carbonyl (C=O) groups excluding carboxylic acids is 1.